The van der Waals surface area contributed by atoms with Gasteiger partial charge in [-0.15, -0.1) is 11.3 Å². The van der Waals surface area contributed by atoms with Gasteiger partial charge in [0.1, 0.15) is 28.9 Å². The molecule has 41 heavy (non-hydrogen) atoms. The number of nitrogens with zero attached hydrogens (tertiary/aromatic N) is 2. The van der Waals surface area contributed by atoms with Crippen LogP contribution in [0.15, 0.2) is 76.0 Å². The second kappa shape index (κ2) is 11.9. The molecule has 5 rings (SSSR count). The topological polar surface area (TPSA) is 102 Å². The van der Waals surface area contributed by atoms with Crippen molar-refractivity contribution in [2.24, 2.45) is 0 Å². The number of thiazole rings is 1. The molecule has 0 aliphatic heterocycles. The third-order valence-electron chi connectivity index (χ3n) is 6.02. The van der Waals surface area contributed by atoms with Crippen molar-refractivity contribution >= 4 is 11.3 Å². The molecule has 5 aromatic rings. The van der Waals surface area contributed by atoms with Gasteiger partial charge in [-0.3, -0.25) is 9.51 Å². The number of ether oxygens (including phenoxy) is 2. The van der Waals surface area contributed by atoms with Gasteiger partial charge in [0.2, 0.25) is 0 Å². The van der Waals surface area contributed by atoms with E-state index in [-0.39, 0.29) is 23.7 Å². The first-order valence-corrected chi connectivity index (χ1v) is 13.0. The van der Waals surface area contributed by atoms with E-state index in [0.29, 0.717) is 34.2 Å². The van der Waals surface area contributed by atoms with Crippen LogP contribution >= 0.6 is 11.3 Å². The Morgan fingerprint density at radius 1 is 1.00 bits per heavy atom. The molecule has 0 radical (unpaired) electrons. The predicted molar refractivity (Wildman–Crippen MR) is 143 cm³/mol. The summed E-state index contributed by atoms with van der Waals surface area (Å²) in [5, 5.41) is 7.33. The number of aromatic amines is 1. The molecule has 0 fully saturated rings. The molecule has 8 nitrogen and oxygen atoms in total. The molecule has 2 N–H and O–H groups in total. The van der Waals surface area contributed by atoms with Crippen LogP contribution in [0.3, 0.4) is 0 Å². The predicted octanol–water partition coefficient (Wildman–Crippen LogP) is 6.19. The van der Waals surface area contributed by atoms with Gasteiger partial charge in [0, 0.05) is 24.7 Å². The molecule has 0 aliphatic carbocycles. The first kappa shape index (κ1) is 28.1. The van der Waals surface area contributed by atoms with E-state index < -0.39 is 23.3 Å². The number of methoxy groups -OCH3 is 1. The lowest BCUT2D eigenvalue weighted by Gasteiger charge is -2.09. The summed E-state index contributed by atoms with van der Waals surface area (Å²) in [5.41, 5.74) is 1.49. The summed E-state index contributed by atoms with van der Waals surface area (Å²) >= 11 is 1.27. The fourth-order valence-corrected chi connectivity index (χ4v) is 4.90. The van der Waals surface area contributed by atoms with Gasteiger partial charge in [0.05, 0.1) is 28.8 Å². The second-order valence-electron chi connectivity index (χ2n) is 8.79. The first-order chi connectivity index (χ1) is 19.7. The zero-order valence-corrected chi connectivity index (χ0v) is 22.2. The summed E-state index contributed by atoms with van der Waals surface area (Å²) in [6, 6.07) is 16.4. The Hall–Kier alpha value is -4.49. The largest absolute Gasteiger partial charge is 0.497 e. The Kier molecular flexibility index (Phi) is 8.17. The number of H-pyrrole nitrogens is 1. The summed E-state index contributed by atoms with van der Waals surface area (Å²) in [5.74, 6) is -0.565. The van der Waals surface area contributed by atoms with Gasteiger partial charge in [-0.05, 0) is 42.0 Å². The van der Waals surface area contributed by atoms with E-state index in [4.69, 9.17) is 9.47 Å². The number of nitrogens with one attached hydrogen (secondary N) is 2. The Morgan fingerprint density at radius 2 is 1.73 bits per heavy atom. The third kappa shape index (κ3) is 6.81. The normalized spacial score (nSPS) is 11.5. The molecule has 0 spiro atoms. The van der Waals surface area contributed by atoms with E-state index in [9.17, 15) is 22.4 Å². The van der Waals surface area contributed by atoms with Crippen LogP contribution in [0.25, 0.3) is 22.0 Å². The quantitative estimate of drug-likeness (QED) is 0.188. The molecule has 212 valence electrons. The highest BCUT2D eigenvalue weighted by atomic mass is 32.1. The maximum absolute atomic E-state index is 14.7. The molecule has 2 heterocycles. The van der Waals surface area contributed by atoms with Crippen molar-refractivity contribution in [3.05, 3.63) is 105 Å². The Bertz CT molecular complexity index is 1680. The fraction of sp³-hybridized carbons (Fsp3) is 0.179. The number of hydrogen-bond donors (Lipinski definition) is 2. The molecule has 13 heteroatoms. The Labute approximate surface area is 234 Å². The molecule has 2 aromatic heterocycles. The van der Waals surface area contributed by atoms with Gasteiger partial charge in [-0.25, -0.2) is 14.2 Å². The van der Waals surface area contributed by atoms with Gasteiger partial charge in [-0.1, -0.05) is 29.4 Å². The lowest BCUT2D eigenvalue weighted by molar-refractivity contribution is -0.137. The van der Waals surface area contributed by atoms with Crippen LogP contribution in [-0.2, 0) is 25.9 Å². The van der Waals surface area contributed by atoms with E-state index in [1.165, 1.54) is 35.6 Å². The second-order valence-corrected chi connectivity index (χ2v) is 9.87. The highest BCUT2D eigenvalue weighted by molar-refractivity contribution is 7.15. The number of rotatable bonds is 10. The third-order valence-corrected chi connectivity index (χ3v) is 7.14. The SMILES string of the molecule is COc1ccc(CNCc2nc(-c3ccc(C(F)(F)F)cc3)sc2COc2ccc(-c3noc(=O)[nH]3)c(F)c2)cc1. The van der Waals surface area contributed by atoms with Crippen molar-refractivity contribution in [1.29, 1.82) is 0 Å². The van der Waals surface area contributed by atoms with Crippen LogP contribution < -0.4 is 20.5 Å². The molecule has 0 saturated heterocycles. The number of hydrogen-bond acceptors (Lipinski definition) is 8. The van der Waals surface area contributed by atoms with Crippen molar-refractivity contribution in [2.45, 2.75) is 25.9 Å². The van der Waals surface area contributed by atoms with Crippen LogP contribution in [0.4, 0.5) is 17.6 Å². The van der Waals surface area contributed by atoms with Crippen molar-refractivity contribution in [2.75, 3.05) is 7.11 Å². The molecule has 3 aromatic carbocycles. The number of alkyl halides is 3. The molecule has 0 amide bonds. The highest BCUT2D eigenvalue weighted by Gasteiger charge is 2.30. The molecular formula is C28H22F4N4O4S. The smallest absolute Gasteiger partial charge is 0.439 e. The monoisotopic (exact) mass is 586 g/mol. The van der Waals surface area contributed by atoms with Gasteiger partial charge < -0.3 is 14.8 Å². The van der Waals surface area contributed by atoms with Crippen molar-refractivity contribution in [3.63, 3.8) is 0 Å². The molecular weight excluding hydrogens is 564 g/mol. The van der Waals surface area contributed by atoms with Crippen LogP contribution in [0.5, 0.6) is 11.5 Å². The zero-order chi connectivity index (χ0) is 29.0. The van der Waals surface area contributed by atoms with Gasteiger partial charge >= 0.3 is 11.9 Å². The summed E-state index contributed by atoms with van der Waals surface area (Å²) in [6.45, 7) is 0.931. The van der Waals surface area contributed by atoms with E-state index in [1.807, 2.05) is 24.3 Å². The fourth-order valence-electron chi connectivity index (χ4n) is 3.90. The molecule has 0 unspecified atom stereocenters. The Balaban J connectivity index is 1.34. The van der Waals surface area contributed by atoms with Gasteiger partial charge in [0.25, 0.3) is 0 Å². The summed E-state index contributed by atoms with van der Waals surface area (Å²) in [7, 11) is 1.59. The summed E-state index contributed by atoms with van der Waals surface area (Å²) in [6.07, 6.45) is -4.44. The van der Waals surface area contributed by atoms with Crippen molar-refractivity contribution < 1.29 is 31.6 Å². The number of halogens is 4. The van der Waals surface area contributed by atoms with Crippen LogP contribution in [-0.4, -0.2) is 22.2 Å². The first-order valence-electron chi connectivity index (χ1n) is 12.2. The van der Waals surface area contributed by atoms with E-state index >= 15 is 0 Å². The highest BCUT2D eigenvalue weighted by Crippen LogP contribution is 2.34. The number of aromatic nitrogens is 3. The summed E-state index contributed by atoms with van der Waals surface area (Å²) < 4.78 is 69.2. The van der Waals surface area contributed by atoms with E-state index in [1.54, 1.807) is 7.11 Å². The maximum Gasteiger partial charge on any atom is 0.439 e. The minimum Gasteiger partial charge on any atom is -0.497 e. The number of benzene rings is 3. The van der Waals surface area contributed by atoms with Gasteiger partial charge in [-0.2, -0.15) is 13.2 Å². The lowest BCUT2D eigenvalue weighted by atomic mass is 10.1. The summed E-state index contributed by atoms with van der Waals surface area (Å²) in [4.78, 5) is 18.9. The molecule has 0 bridgehead atoms. The van der Waals surface area contributed by atoms with E-state index in [2.05, 4.69) is 25.0 Å². The average Bonchev–Trinajstić information content (AvgIpc) is 3.58. The minimum atomic E-state index is -4.44. The standard InChI is InChI=1S/C28H22F4N4O4S/c1-38-19-8-2-16(3-9-19)13-33-14-23-24(41-26(34-23)17-4-6-18(7-5-17)28(30,31)32)15-39-20-10-11-21(22(29)12-20)25-35-27(37)40-36-25/h2-12,33H,13-15H2,1H3,(H,35,36,37). The zero-order valence-electron chi connectivity index (χ0n) is 21.4. The van der Waals surface area contributed by atoms with Crippen molar-refractivity contribution in [1.82, 2.24) is 20.4 Å². The lowest BCUT2D eigenvalue weighted by Crippen LogP contribution is -2.14. The Morgan fingerprint density at radius 3 is 2.37 bits per heavy atom. The maximum atomic E-state index is 14.7. The van der Waals surface area contributed by atoms with Crippen molar-refractivity contribution in [3.8, 4) is 33.5 Å². The molecule has 0 saturated carbocycles. The molecule has 0 aliphatic rings. The van der Waals surface area contributed by atoms with E-state index in [0.717, 1.165) is 29.5 Å². The van der Waals surface area contributed by atoms with Crippen LogP contribution in [0.1, 0.15) is 21.7 Å². The minimum absolute atomic E-state index is 0.0361. The average molecular weight is 587 g/mol. The molecule has 0 atom stereocenters. The van der Waals surface area contributed by atoms with Crippen LogP contribution in [0.2, 0.25) is 0 Å². The van der Waals surface area contributed by atoms with Gasteiger partial charge in [0.15, 0.2) is 5.82 Å². The van der Waals surface area contributed by atoms with Crippen LogP contribution in [0, 0.1) is 5.82 Å².